The highest BCUT2D eigenvalue weighted by Gasteiger charge is 2.49. The second-order valence-corrected chi connectivity index (χ2v) is 7.58. The fourth-order valence-electron chi connectivity index (χ4n) is 3.31. The maximum absolute atomic E-state index is 13.1. The Kier molecular flexibility index (Phi) is 4.47. The van der Waals surface area contributed by atoms with Crippen LogP contribution in [0, 0.1) is 11.3 Å². The lowest BCUT2D eigenvalue weighted by Crippen LogP contribution is -2.40. The third-order valence-electron chi connectivity index (χ3n) is 4.91. The molecule has 2 aliphatic rings. The zero-order valence-corrected chi connectivity index (χ0v) is 16.6. The van der Waals surface area contributed by atoms with E-state index in [0.29, 0.717) is 35.8 Å². The smallest absolute Gasteiger partial charge is 0.325 e. The Balaban J connectivity index is 1.62. The van der Waals surface area contributed by atoms with Gasteiger partial charge in [0.25, 0.3) is 5.91 Å². The van der Waals surface area contributed by atoms with Crippen molar-refractivity contribution in [2.45, 2.75) is 19.0 Å². The summed E-state index contributed by atoms with van der Waals surface area (Å²) in [5, 5.41) is 11.7. The predicted octanol–water partition coefficient (Wildman–Crippen LogP) is 3.06. The zero-order valence-electron chi connectivity index (χ0n) is 15.0. The number of carbonyl (C=O) groups is 2. The lowest BCUT2D eigenvalue weighted by molar-refractivity contribution is -0.131. The molecule has 142 valence electrons. The maximum atomic E-state index is 13.1. The number of fused-ring (bicyclic) bond motifs is 1. The average molecular weight is 442 g/mol. The number of nitrogens with one attached hydrogen (secondary N) is 1. The van der Waals surface area contributed by atoms with Gasteiger partial charge in [-0.3, -0.25) is 9.69 Å². The van der Waals surface area contributed by atoms with Crippen LogP contribution in [0.25, 0.3) is 0 Å². The van der Waals surface area contributed by atoms with Gasteiger partial charge in [-0.25, -0.2) is 4.79 Å². The number of benzene rings is 2. The molecule has 2 aliphatic heterocycles. The highest BCUT2D eigenvalue weighted by Crippen LogP contribution is 2.37. The van der Waals surface area contributed by atoms with Crippen LogP contribution in [0.1, 0.15) is 23.6 Å². The van der Waals surface area contributed by atoms with Crippen LogP contribution in [0.2, 0.25) is 0 Å². The summed E-state index contributed by atoms with van der Waals surface area (Å²) < 4.78 is 11.9. The highest BCUT2D eigenvalue weighted by atomic mass is 79.9. The van der Waals surface area contributed by atoms with Gasteiger partial charge in [0.2, 0.25) is 0 Å². The summed E-state index contributed by atoms with van der Waals surface area (Å²) in [4.78, 5) is 26.8. The number of rotatable bonds is 3. The van der Waals surface area contributed by atoms with Crippen molar-refractivity contribution < 1.29 is 19.1 Å². The minimum Gasteiger partial charge on any atom is -0.486 e. The summed E-state index contributed by atoms with van der Waals surface area (Å²) in [6, 6.07) is 11.7. The minimum absolute atomic E-state index is 0.0910. The van der Waals surface area contributed by atoms with Crippen LogP contribution >= 0.6 is 15.9 Å². The Bertz CT molecular complexity index is 1020. The first-order chi connectivity index (χ1) is 13.4. The molecule has 1 atom stereocenters. The fraction of sp³-hybridized carbons (Fsp3) is 0.250. The van der Waals surface area contributed by atoms with E-state index in [1.54, 1.807) is 43.3 Å². The highest BCUT2D eigenvalue weighted by molar-refractivity contribution is 9.10. The van der Waals surface area contributed by atoms with Crippen molar-refractivity contribution in [3.63, 3.8) is 0 Å². The molecule has 0 saturated carbocycles. The van der Waals surface area contributed by atoms with Gasteiger partial charge in [0.05, 0.1) is 18.2 Å². The van der Waals surface area contributed by atoms with E-state index >= 15 is 0 Å². The van der Waals surface area contributed by atoms with Gasteiger partial charge in [-0.2, -0.15) is 5.26 Å². The molecule has 0 radical (unpaired) electrons. The quantitative estimate of drug-likeness (QED) is 0.738. The normalized spacial score (nSPS) is 20.7. The molecule has 1 N–H and O–H groups in total. The molecule has 7 nitrogen and oxygen atoms in total. The Morgan fingerprint density at radius 1 is 1.18 bits per heavy atom. The van der Waals surface area contributed by atoms with Gasteiger partial charge in [0.1, 0.15) is 18.8 Å². The van der Waals surface area contributed by atoms with Gasteiger partial charge in [0.15, 0.2) is 11.5 Å². The molecule has 8 heteroatoms. The molecule has 28 heavy (non-hydrogen) atoms. The molecule has 3 amide bonds. The summed E-state index contributed by atoms with van der Waals surface area (Å²) in [5.41, 5.74) is 0.650. The van der Waals surface area contributed by atoms with Gasteiger partial charge in [-0.1, -0.05) is 28.1 Å². The van der Waals surface area contributed by atoms with Crippen LogP contribution in [-0.4, -0.2) is 30.1 Å². The summed E-state index contributed by atoms with van der Waals surface area (Å²) in [6.45, 7) is 2.68. The fourth-order valence-corrected chi connectivity index (χ4v) is 3.76. The average Bonchev–Trinajstić information content (AvgIpc) is 2.92. The standard InChI is InChI=1S/C20H16BrN3O4/c1-20(14-4-2-12(10-22)3-5-14)18(25)24(19(26)23-20)11-13-8-16-17(9-15(13)21)28-7-6-27-16/h2-5,8-9H,6-7,11H2,1H3,(H,23,26)/t20-/m0/s1. The van der Waals surface area contributed by atoms with Crippen LogP contribution in [0.4, 0.5) is 4.79 Å². The second-order valence-electron chi connectivity index (χ2n) is 6.72. The number of hydrogen-bond donors (Lipinski definition) is 1. The molecule has 0 aromatic heterocycles. The summed E-state index contributed by atoms with van der Waals surface area (Å²) in [6.07, 6.45) is 0. The van der Waals surface area contributed by atoms with Crippen molar-refractivity contribution in [1.82, 2.24) is 10.2 Å². The lowest BCUT2D eigenvalue weighted by atomic mass is 9.91. The van der Waals surface area contributed by atoms with E-state index in [2.05, 4.69) is 21.2 Å². The van der Waals surface area contributed by atoms with Crippen molar-refractivity contribution in [3.8, 4) is 17.6 Å². The largest absolute Gasteiger partial charge is 0.486 e. The molecule has 0 spiro atoms. The number of ether oxygens (including phenoxy) is 2. The van der Waals surface area contributed by atoms with Crippen LogP contribution < -0.4 is 14.8 Å². The van der Waals surface area contributed by atoms with E-state index < -0.39 is 11.6 Å². The molecule has 1 saturated heterocycles. The predicted molar refractivity (Wildman–Crippen MR) is 103 cm³/mol. The molecule has 0 aliphatic carbocycles. The SMILES string of the molecule is C[C@@]1(c2ccc(C#N)cc2)NC(=O)N(Cc2cc3c(cc2Br)OCCO3)C1=O. The monoisotopic (exact) mass is 441 g/mol. The molecule has 0 bridgehead atoms. The van der Waals surface area contributed by atoms with Crippen LogP contribution in [0.15, 0.2) is 40.9 Å². The van der Waals surface area contributed by atoms with Crippen LogP contribution in [-0.2, 0) is 16.9 Å². The number of halogens is 1. The van der Waals surface area contributed by atoms with E-state index in [0.717, 1.165) is 10.0 Å². The molecular weight excluding hydrogens is 426 g/mol. The first-order valence-corrected chi connectivity index (χ1v) is 9.44. The summed E-state index contributed by atoms with van der Waals surface area (Å²) in [7, 11) is 0. The Morgan fingerprint density at radius 2 is 1.82 bits per heavy atom. The van der Waals surface area contributed by atoms with Crippen molar-refractivity contribution in [3.05, 3.63) is 57.6 Å². The van der Waals surface area contributed by atoms with Crippen molar-refractivity contribution in [1.29, 1.82) is 5.26 Å². The Hall–Kier alpha value is -3.05. The van der Waals surface area contributed by atoms with Crippen LogP contribution in [0.3, 0.4) is 0 Å². The van der Waals surface area contributed by atoms with Gasteiger partial charge >= 0.3 is 6.03 Å². The maximum Gasteiger partial charge on any atom is 0.325 e. The lowest BCUT2D eigenvalue weighted by Gasteiger charge is -2.23. The number of hydrogen-bond acceptors (Lipinski definition) is 5. The number of nitriles is 1. The number of nitrogens with zero attached hydrogens (tertiary/aromatic N) is 2. The molecule has 4 rings (SSSR count). The van der Waals surface area contributed by atoms with Gasteiger partial charge < -0.3 is 14.8 Å². The number of carbonyl (C=O) groups excluding carboxylic acids is 2. The van der Waals surface area contributed by atoms with E-state index in [-0.39, 0.29) is 12.5 Å². The third kappa shape index (κ3) is 2.98. The molecule has 0 unspecified atom stereocenters. The van der Waals surface area contributed by atoms with Crippen molar-refractivity contribution in [2.75, 3.05) is 13.2 Å². The van der Waals surface area contributed by atoms with Gasteiger partial charge in [0, 0.05) is 4.47 Å². The first kappa shape index (κ1) is 18.3. The van der Waals surface area contributed by atoms with E-state index in [9.17, 15) is 9.59 Å². The molecule has 2 aromatic carbocycles. The Labute approximate surface area is 170 Å². The van der Waals surface area contributed by atoms with Gasteiger partial charge in [-0.15, -0.1) is 0 Å². The first-order valence-electron chi connectivity index (χ1n) is 8.65. The second kappa shape index (κ2) is 6.84. The van der Waals surface area contributed by atoms with Crippen molar-refractivity contribution in [2.24, 2.45) is 0 Å². The van der Waals surface area contributed by atoms with E-state index in [1.165, 1.54) is 4.90 Å². The number of urea groups is 1. The summed E-state index contributed by atoms with van der Waals surface area (Å²) in [5.74, 6) is 0.858. The molecule has 2 heterocycles. The molecular formula is C20H16BrN3O4. The molecule has 1 fully saturated rings. The third-order valence-corrected chi connectivity index (χ3v) is 5.64. The minimum atomic E-state index is -1.19. The van der Waals surface area contributed by atoms with E-state index in [4.69, 9.17) is 14.7 Å². The summed E-state index contributed by atoms with van der Waals surface area (Å²) >= 11 is 3.48. The number of amides is 3. The zero-order chi connectivity index (χ0) is 19.9. The molecule has 2 aromatic rings. The Morgan fingerprint density at radius 3 is 2.46 bits per heavy atom. The van der Waals surface area contributed by atoms with E-state index in [1.807, 2.05) is 6.07 Å². The van der Waals surface area contributed by atoms with Crippen molar-refractivity contribution >= 4 is 27.9 Å². The number of imide groups is 1. The van der Waals surface area contributed by atoms with Gasteiger partial charge in [-0.05, 0) is 42.3 Å². The topological polar surface area (TPSA) is 91.7 Å². The van der Waals surface area contributed by atoms with Crippen LogP contribution in [0.5, 0.6) is 11.5 Å².